The van der Waals surface area contributed by atoms with Crippen molar-refractivity contribution < 1.29 is 9.21 Å². The van der Waals surface area contributed by atoms with Gasteiger partial charge in [-0.1, -0.05) is 23.4 Å². The maximum Gasteiger partial charge on any atom is 0.250 e. The second kappa shape index (κ2) is 8.33. The van der Waals surface area contributed by atoms with Gasteiger partial charge in [0.1, 0.15) is 11.5 Å². The molecule has 2 N–H and O–H groups in total. The Morgan fingerprint density at radius 1 is 1.28 bits per heavy atom. The van der Waals surface area contributed by atoms with Crippen molar-refractivity contribution >= 4 is 57.8 Å². The molecule has 0 spiro atoms. The number of amides is 1. The van der Waals surface area contributed by atoms with Gasteiger partial charge < -0.3 is 9.73 Å². The fraction of sp³-hybridized carbons (Fsp3) is 0.118. The van der Waals surface area contributed by atoms with Gasteiger partial charge in [-0.2, -0.15) is 0 Å². The predicted molar refractivity (Wildman–Crippen MR) is 107 cm³/mol. The number of hydrogen-bond donors (Lipinski definition) is 2. The smallest absolute Gasteiger partial charge is 0.250 e. The standard InChI is InChI=1S/C17H14ClN3O2S2/c18-12-3-1-11(2-4-12)14-7-5-13(23-14)6-8-15(22)20-16(24)21-17-19-9-10-25-17/h1-8H,9-10H2,(H2,19,20,21,22,24)/b8-6+. The Bertz CT molecular complexity index is 844. The fourth-order valence-electron chi connectivity index (χ4n) is 2.06. The number of thioether (sulfide) groups is 1. The summed E-state index contributed by atoms with van der Waals surface area (Å²) in [6.45, 7) is 0.762. The number of nitrogens with one attached hydrogen (secondary N) is 2. The summed E-state index contributed by atoms with van der Waals surface area (Å²) in [5.74, 6) is 1.85. The van der Waals surface area contributed by atoms with Crippen LogP contribution in [0.4, 0.5) is 0 Å². The Balaban J connectivity index is 1.55. The summed E-state index contributed by atoms with van der Waals surface area (Å²) in [5.41, 5.74) is 0.911. The van der Waals surface area contributed by atoms with Gasteiger partial charge in [-0.3, -0.25) is 15.1 Å². The van der Waals surface area contributed by atoms with Crippen LogP contribution >= 0.6 is 35.6 Å². The minimum atomic E-state index is -0.342. The molecule has 25 heavy (non-hydrogen) atoms. The van der Waals surface area contributed by atoms with Crippen LogP contribution in [0.15, 0.2) is 51.9 Å². The molecular weight excluding hydrogens is 378 g/mol. The third-order valence-corrected chi connectivity index (χ3v) is 4.54. The van der Waals surface area contributed by atoms with E-state index in [-0.39, 0.29) is 11.0 Å². The minimum Gasteiger partial charge on any atom is -0.457 e. The van der Waals surface area contributed by atoms with Crippen LogP contribution in [-0.4, -0.2) is 28.5 Å². The van der Waals surface area contributed by atoms with Crippen molar-refractivity contribution in [2.24, 2.45) is 4.99 Å². The topological polar surface area (TPSA) is 66.6 Å². The molecule has 2 heterocycles. The zero-order chi connectivity index (χ0) is 17.6. The monoisotopic (exact) mass is 391 g/mol. The van der Waals surface area contributed by atoms with Crippen molar-refractivity contribution in [3.05, 3.63) is 53.3 Å². The molecule has 0 aliphatic carbocycles. The molecule has 0 saturated heterocycles. The van der Waals surface area contributed by atoms with Gasteiger partial charge >= 0.3 is 0 Å². The molecule has 1 aliphatic rings. The maximum atomic E-state index is 11.9. The molecular formula is C17H14ClN3O2S2. The zero-order valence-corrected chi connectivity index (χ0v) is 15.4. The van der Waals surface area contributed by atoms with E-state index in [1.165, 1.54) is 6.08 Å². The number of furan rings is 1. The van der Waals surface area contributed by atoms with E-state index >= 15 is 0 Å². The fourth-order valence-corrected chi connectivity index (χ4v) is 3.18. The van der Waals surface area contributed by atoms with E-state index in [1.54, 1.807) is 36.0 Å². The van der Waals surface area contributed by atoms with Gasteiger partial charge in [-0.25, -0.2) is 0 Å². The van der Waals surface area contributed by atoms with Gasteiger partial charge in [0.05, 0.1) is 6.54 Å². The van der Waals surface area contributed by atoms with E-state index in [0.29, 0.717) is 16.5 Å². The van der Waals surface area contributed by atoms with Gasteiger partial charge in [0.2, 0.25) is 5.91 Å². The molecule has 1 aliphatic heterocycles. The summed E-state index contributed by atoms with van der Waals surface area (Å²) < 4.78 is 5.69. The van der Waals surface area contributed by atoms with Crippen LogP contribution in [-0.2, 0) is 4.79 Å². The number of rotatable bonds is 3. The van der Waals surface area contributed by atoms with E-state index in [0.717, 1.165) is 23.0 Å². The Morgan fingerprint density at radius 2 is 2.08 bits per heavy atom. The van der Waals surface area contributed by atoms with Gasteiger partial charge in [0, 0.05) is 22.4 Å². The number of hydrogen-bond acceptors (Lipinski definition) is 5. The van der Waals surface area contributed by atoms with Gasteiger partial charge in [0.15, 0.2) is 10.3 Å². The lowest BCUT2D eigenvalue weighted by molar-refractivity contribution is -0.115. The summed E-state index contributed by atoms with van der Waals surface area (Å²) >= 11 is 12.5. The van der Waals surface area contributed by atoms with Crippen LogP contribution in [0.2, 0.25) is 5.02 Å². The lowest BCUT2D eigenvalue weighted by Crippen LogP contribution is -2.40. The number of nitrogens with zero attached hydrogens (tertiary/aromatic N) is 1. The molecule has 0 unspecified atom stereocenters. The van der Waals surface area contributed by atoms with Crippen molar-refractivity contribution in [1.82, 2.24) is 10.6 Å². The number of benzene rings is 1. The summed E-state index contributed by atoms with van der Waals surface area (Å²) in [5, 5.41) is 7.07. The summed E-state index contributed by atoms with van der Waals surface area (Å²) in [4.78, 5) is 16.1. The van der Waals surface area contributed by atoms with Crippen molar-refractivity contribution in [2.75, 3.05) is 12.3 Å². The SMILES string of the molecule is O=C(/C=C/c1ccc(-c2ccc(Cl)cc2)o1)NC(=S)NC1=NCCS1. The van der Waals surface area contributed by atoms with Crippen LogP contribution in [0.1, 0.15) is 5.76 Å². The molecule has 0 bridgehead atoms. The zero-order valence-electron chi connectivity index (χ0n) is 13.0. The van der Waals surface area contributed by atoms with Crippen molar-refractivity contribution in [3.8, 4) is 11.3 Å². The van der Waals surface area contributed by atoms with E-state index in [4.69, 9.17) is 28.2 Å². The summed E-state index contributed by atoms with van der Waals surface area (Å²) in [6, 6.07) is 11.0. The number of aliphatic imine (C=N–C) groups is 1. The first-order chi connectivity index (χ1) is 12.1. The van der Waals surface area contributed by atoms with Gasteiger partial charge in [-0.15, -0.1) is 0 Å². The first-order valence-corrected chi connectivity index (χ1v) is 9.20. The Morgan fingerprint density at radius 3 is 2.80 bits per heavy atom. The number of carbonyl (C=O) groups excluding carboxylic acids is 1. The molecule has 128 valence electrons. The molecule has 0 radical (unpaired) electrons. The number of carbonyl (C=O) groups is 1. The Labute approximate surface area is 159 Å². The molecule has 1 aromatic heterocycles. The van der Waals surface area contributed by atoms with Crippen LogP contribution in [0, 0.1) is 0 Å². The predicted octanol–water partition coefficient (Wildman–Crippen LogP) is 3.71. The van der Waals surface area contributed by atoms with Crippen molar-refractivity contribution in [2.45, 2.75) is 0 Å². The van der Waals surface area contributed by atoms with Crippen LogP contribution in [0.25, 0.3) is 17.4 Å². The highest BCUT2D eigenvalue weighted by Crippen LogP contribution is 2.24. The largest absolute Gasteiger partial charge is 0.457 e. The van der Waals surface area contributed by atoms with Crippen molar-refractivity contribution in [1.29, 1.82) is 0 Å². The molecule has 1 aromatic carbocycles. The number of amidine groups is 1. The summed E-state index contributed by atoms with van der Waals surface area (Å²) in [6.07, 6.45) is 2.95. The first-order valence-electron chi connectivity index (χ1n) is 7.43. The average molecular weight is 392 g/mol. The minimum absolute atomic E-state index is 0.226. The molecule has 3 rings (SSSR count). The molecule has 8 heteroatoms. The van der Waals surface area contributed by atoms with Crippen LogP contribution in [0.3, 0.4) is 0 Å². The second-order valence-corrected chi connectivity index (χ2v) is 6.95. The number of halogens is 1. The third-order valence-electron chi connectivity index (χ3n) is 3.20. The molecule has 1 amide bonds. The Kier molecular flexibility index (Phi) is 5.91. The lowest BCUT2D eigenvalue weighted by atomic mass is 10.2. The summed E-state index contributed by atoms with van der Waals surface area (Å²) in [7, 11) is 0. The second-order valence-electron chi connectivity index (χ2n) is 5.02. The van der Waals surface area contributed by atoms with Gasteiger partial charge in [0.25, 0.3) is 0 Å². The Hall–Kier alpha value is -2.09. The van der Waals surface area contributed by atoms with Crippen LogP contribution in [0.5, 0.6) is 0 Å². The van der Waals surface area contributed by atoms with E-state index in [2.05, 4.69) is 15.6 Å². The highest BCUT2D eigenvalue weighted by molar-refractivity contribution is 8.14. The molecule has 0 atom stereocenters. The molecule has 5 nitrogen and oxygen atoms in total. The van der Waals surface area contributed by atoms with Gasteiger partial charge in [-0.05, 0) is 54.7 Å². The quantitative estimate of drug-likeness (QED) is 0.616. The van der Waals surface area contributed by atoms with E-state index < -0.39 is 0 Å². The van der Waals surface area contributed by atoms with E-state index in [9.17, 15) is 4.79 Å². The molecule has 0 fully saturated rings. The average Bonchev–Trinajstić information content (AvgIpc) is 3.25. The highest BCUT2D eigenvalue weighted by Gasteiger charge is 2.09. The normalized spacial score (nSPS) is 13.7. The lowest BCUT2D eigenvalue weighted by Gasteiger charge is -2.06. The highest BCUT2D eigenvalue weighted by atomic mass is 35.5. The van der Waals surface area contributed by atoms with E-state index in [1.807, 2.05) is 18.2 Å². The molecule has 0 saturated carbocycles. The number of thiocarbonyl (C=S) groups is 1. The van der Waals surface area contributed by atoms with Crippen molar-refractivity contribution in [3.63, 3.8) is 0 Å². The maximum absolute atomic E-state index is 11.9. The third kappa shape index (κ3) is 5.19. The van der Waals surface area contributed by atoms with Crippen LogP contribution < -0.4 is 10.6 Å². The first kappa shape index (κ1) is 17.7. The molecule has 2 aromatic rings.